The molecule has 0 bridgehead atoms. The number of benzene rings is 1. The van der Waals surface area contributed by atoms with Crippen molar-refractivity contribution in [1.82, 2.24) is 5.32 Å². The third kappa shape index (κ3) is 6.63. The zero-order valence-electron chi connectivity index (χ0n) is 12.9. The summed E-state index contributed by atoms with van der Waals surface area (Å²) in [7, 11) is 0. The van der Waals surface area contributed by atoms with Crippen molar-refractivity contribution in [3.8, 4) is 5.75 Å². The van der Waals surface area contributed by atoms with Crippen LogP contribution in [0.1, 0.15) is 52.5 Å². The van der Waals surface area contributed by atoms with Gasteiger partial charge in [-0.15, -0.1) is 0 Å². The minimum atomic E-state index is 0.295. The van der Waals surface area contributed by atoms with Crippen LogP contribution in [0.5, 0.6) is 5.75 Å². The molecule has 2 nitrogen and oxygen atoms in total. The highest BCUT2D eigenvalue weighted by molar-refractivity contribution is 5.27. The predicted octanol–water partition coefficient (Wildman–Crippen LogP) is 4.18. The van der Waals surface area contributed by atoms with Gasteiger partial charge in [0.25, 0.3) is 0 Å². The molecule has 19 heavy (non-hydrogen) atoms. The van der Waals surface area contributed by atoms with E-state index in [1.54, 1.807) is 0 Å². The Hall–Kier alpha value is -1.02. The first-order chi connectivity index (χ1) is 9.15. The largest absolute Gasteiger partial charge is 0.491 e. The molecule has 1 aromatic carbocycles. The van der Waals surface area contributed by atoms with Crippen LogP contribution in [0, 0.1) is 0 Å². The summed E-state index contributed by atoms with van der Waals surface area (Å²) in [5.74, 6) is 0.982. The molecule has 0 amide bonds. The molecule has 2 unspecified atom stereocenters. The van der Waals surface area contributed by atoms with E-state index < -0.39 is 0 Å². The van der Waals surface area contributed by atoms with Gasteiger partial charge in [-0.1, -0.05) is 26.0 Å². The molecule has 0 aliphatic carbocycles. The fraction of sp³-hybridized carbons (Fsp3) is 0.647. The second kappa shape index (κ2) is 8.98. The lowest BCUT2D eigenvalue weighted by Gasteiger charge is -2.14. The van der Waals surface area contributed by atoms with Crippen molar-refractivity contribution in [1.29, 1.82) is 0 Å². The van der Waals surface area contributed by atoms with E-state index in [9.17, 15) is 0 Å². The van der Waals surface area contributed by atoms with Crippen LogP contribution in [0.15, 0.2) is 24.3 Å². The highest BCUT2D eigenvalue weighted by atomic mass is 16.5. The second-order valence-corrected chi connectivity index (χ2v) is 5.37. The van der Waals surface area contributed by atoms with Gasteiger partial charge in [-0.25, -0.2) is 0 Å². The average Bonchev–Trinajstić information content (AvgIpc) is 2.44. The Balaban J connectivity index is 2.35. The van der Waals surface area contributed by atoms with Gasteiger partial charge >= 0.3 is 0 Å². The molecule has 0 radical (unpaired) electrons. The lowest BCUT2D eigenvalue weighted by Crippen LogP contribution is -2.27. The normalized spacial score (nSPS) is 14.1. The first-order valence-electron chi connectivity index (χ1n) is 7.64. The first kappa shape index (κ1) is 16.0. The molecule has 2 heteroatoms. The SMILES string of the molecule is CCCNC(C)CCc1ccc(OC(C)CC)cc1. The summed E-state index contributed by atoms with van der Waals surface area (Å²) in [5, 5.41) is 3.52. The zero-order chi connectivity index (χ0) is 14.1. The van der Waals surface area contributed by atoms with Crippen LogP contribution in [0.3, 0.4) is 0 Å². The van der Waals surface area contributed by atoms with Crippen LogP contribution < -0.4 is 10.1 Å². The monoisotopic (exact) mass is 263 g/mol. The molecule has 1 N–H and O–H groups in total. The molecule has 0 spiro atoms. The molecule has 0 saturated heterocycles. The summed E-state index contributed by atoms with van der Waals surface area (Å²) in [6.45, 7) is 9.83. The Morgan fingerprint density at radius 3 is 2.37 bits per heavy atom. The maximum absolute atomic E-state index is 5.78. The standard InChI is InChI=1S/C17H29NO/c1-5-13-18-14(3)7-8-16-9-11-17(12-10-16)19-15(4)6-2/h9-12,14-15,18H,5-8,13H2,1-4H3. The Morgan fingerprint density at radius 1 is 1.11 bits per heavy atom. The van der Waals surface area contributed by atoms with Crippen LogP contribution in [-0.4, -0.2) is 18.7 Å². The fourth-order valence-corrected chi connectivity index (χ4v) is 1.93. The molecule has 0 fully saturated rings. The van der Waals surface area contributed by atoms with Crippen molar-refractivity contribution in [2.45, 2.75) is 65.5 Å². The van der Waals surface area contributed by atoms with Crippen LogP contribution in [0.4, 0.5) is 0 Å². The molecule has 108 valence electrons. The van der Waals surface area contributed by atoms with E-state index >= 15 is 0 Å². The van der Waals surface area contributed by atoms with E-state index in [0.717, 1.165) is 25.1 Å². The van der Waals surface area contributed by atoms with Crippen molar-refractivity contribution in [2.24, 2.45) is 0 Å². The van der Waals surface area contributed by atoms with Gasteiger partial charge in [0.05, 0.1) is 6.10 Å². The minimum absolute atomic E-state index is 0.295. The first-order valence-corrected chi connectivity index (χ1v) is 7.64. The summed E-state index contributed by atoms with van der Waals surface area (Å²) in [6.07, 6.45) is 4.85. The van der Waals surface area contributed by atoms with E-state index in [4.69, 9.17) is 4.74 Å². The van der Waals surface area contributed by atoms with Gasteiger partial charge < -0.3 is 10.1 Å². The molecule has 2 atom stereocenters. The summed E-state index contributed by atoms with van der Waals surface area (Å²) >= 11 is 0. The van der Waals surface area contributed by atoms with Gasteiger partial charge in [-0.2, -0.15) is 0 Å². The van der Waals surface area contributed by atoms with E-state index in [-0.39, 0.29) is 0 Å². The third-order valence-electron chi connectivity index (χ3n) is 3.44. The number of hydrogen-bond acceptors (Lipinski definition) is 2. The second-order valence-electron chi connectivity index (χ2n) is 5.37. The van der Waals surface area contributed by atoms with Crippen LogP contribution in [0.2, 0.25) is 0 Å². The topological polar surface area (TPSA) is 21.3 Å². The zero-order valence-corrected chi connectivity index (χ0v) is 12.9. The maximum Gasteiger partial charge on any atom is 0.119 e. The summed E-state index contributed by atoms with van der Waals surface area (Å²) in [5.41, 5.74) is 1.39. The highest BCUT2D eigenvalue weighted by Gasteiger charge is 2.03. The Kier molecular flexibility index (Phi) is 7.57. The number of aryl methyl sites for hydroxylation is 1. The molecule has 0 saturated carbocycles. The Morgan fingerprint density at radius 2 is 1.79 bits per heavy atom. The molecule has 0 aliphatic heterocycles. The smallest absolute Gasteiger partial charge is 0.119 e. The number of nitrogens with one attached hydrogen (secondary N) is 1. The molecular formula is C17H29NO. The van der Waals surface area contributed by atoms with Crippen molar-refractivity contribution in [2.75, 3.05) is 6.54 Å². The van der Waals surface area contributed by atoms with Gasteiger partial charge in [0.2, 0.25) is 0 Å². The molecular weight excluding hydrogens is 234 g/mol. The number of hydrogen-bond donors (Lipinski definition) is 1. The van der Waals surface area contributed by atoms with Gasteiger partial charge in [0, 0.05) is 6.04 Å². The van der Waals surface area contributed by atoms with Crippen LogP contribution >= 0.6 is 0 Å². The number of rotatable bonds is 9. The lowest BCUT2D eigenvalue weighted by atomic mass is 10.1. The van der Waals surface area contributed by atoms with Crippen LogP contribution in [0.25, 0.3) is 0 Å². The Bertz CT molecular complexity index is 334. The summed E-state index contributed by atoms with van der Waals surface area (Å²) in [4.78, 5) is 0. The number of ether oxygens (including phenoxy) is 1. The van der Waals surface area contributed by atoms with E-state index in [1.165, 1.54) is 18.4 Å². The van der Waals surface area contributed by atoms with Gasteiger partial charge in [-0.3, -0.25) is 0 Å². The predicted molar refractivity (Wildman–Crippen MR) is 82.9 cm³/mol. The van der Waals surface area contributed by atoms with Gasteiger partial charge in [0.15, 0.2) is 0 Å². The Labute approximate surface area is 118 Å². The maximum atomic E-state index is 5.78. The van der Waals surface area contributed by atoms with E-state index in [0.29, 0.717) is 12.1 Å². The highest BCUT2D eigenvalue weighted by Crippen LogP contribution is 2.16. The average molecular weight is 263 g/mol. The van der Waals surface area contributed by atoms with Gasteiger partial charge in [0.1, 0.15) is 5.75 Å². The van der Waals surface area contributed by atoms with Gasteiger partial charge in [-0.05, 0) is 63.8 Å². The molecule has 1 aromatic rings. The summed E-state index contributed by atoms with van der Waals surface area (Å²) in [6, 6.07) is 9.14. The van der Waals surface area contributed by atoms with E-state index in [2.05, 4.69) is 57.3 Å². The van der Waals surface area contributed by atoms with Crippen molar-refractivity contribution in [3.05, 3.63) is 29.8 Å². The van der Waals surface area contributed by atoms with E-state index in [1.807, 2.05) is 0 Å². The molecule has 0 heterocycles. The molecule has 0 aliphatic rings. The fourth-order valence-electron chi connectivity index (χ4n) is 1.93. The lowest BCUT2D eigenvalue weighted by molar-refractivity contribution is 0.217. The summed E-state index contributed by atoms with van der Waals surface area (Å²) < 4.78 is 5.78. The minimum Gasteiger partial charge on any atom is -0.491 e. The molecule has 1 rings (SSSR count). The van der Waals surface area contributed by atoms with Crippen molar-refractivity contribution in [3.63, 3.8) is 0 Å². The third-order valence-corrected chi connectivity index (χ3v) is 3.44. The molecule has 0 aromatic heterocycles. The van der Waals surface area contributed by atoms with Crippen LogP contribution in [-0.2, 0) is 6.42 Å². The van der Waals surface area contributed by atoms with Crippen molar-refractivity contribution >= 4 is 0 Å². The van der Waals surface area contributed by atoms with Crippen molar-refractivity contribution < 1.29 is 4.74 Å². The quantitative estimate of drug-likeness (QED) is 0.721.